The van der Waals surface area contributed by atoms with Crippen molar-refractivity contribution in [3.63, 3.8) is 0 Å². The third-order valence-electron chi connectivity index (χ3n) is 6.84. The van der Waals surface area contributed by atoms with Crippen LogP contribution in [0.1, 0.15) is 101 Å². The van der Waals surface area contributed by atoms with Crippen LogP contribution in [0.4, 0.5) is 0 Å². The molecule has 1 fully saturated rings. The van der Waals surface area contributed by atoms with E-state index in [1.165, 1.54) is 70.2 Å². The summed E-state index contributed by atoms with van der Waals surface area (Å²) in [7, 11) is 0. The molecular weight excluding hydrogens is 558 g/mol. The predicted molar refractivity (Wildman–Crippen MR) is 146 cm³/mol. The maximum Gasteiger partial charge on any atom is -0.172 e. The van der Waals surface area contributed by atoms with Crippen LogP contribution in [0.5, 0.6) is 0 Å². The first kappa shape index (κ1) is 33.2. The molecule has 0 saturated heterocycles. The Hall–Kier alpha value is -0.877. The van der Waals surface area contributed by atoms with Gasteiger partial charge >= 0.3 is 53.1 Å². The average molecular weight is 601 g/mol. The fourth-order valence-corrected chi connectivity index (χ4v) is 6.01. The van der Waals surface area contributed by atoms with Crippen molar-refractivity contribution in [2.24, 2.45) is 0 Å². The zero-order valence-corrected chi connectivity index (χ0v) is 27.4. The molecule has 0 bridgehead atoms. The smallest absolute Gasteiger partial charge is 0.172 e. The van der Waals surface area contributed by atoms with Crippen molar-refractivity contribution in [1.82, 2.24) is 0 Å². The van der Waals surface area contributed by atoms with E-state index < -0.39 is 0 Å². The molecule has 0 heterocycles. The fraction of sp³-hybridized carbons (Fsp3) is 0.455. The molecule has 0 aromatic heterocycles. The first-order valence-corrected chi connectivity index (χ1v) is 14.0. The van der Waals surface area contributed by atoms with Crippen LogP contribution in [0.3, 0.4) is 0 Å². The Labute approximate surface area is 248 Å². The summed E-state index contributed by atoms with van der Waals surface area (Å²) in [4.78, 5) is 0. The van der Waals surface area contributed by atoms with E-state index in [1.54, 1.807) is 27.4 Å². The largest absolute Gasteiger partial charge is 0.214 e. The number of benzene rings is 2. The number of rotatable bonds is 0. The Morgan fingerprint density at radius 1 is 0.778 bits per heavy atom. The van der Waals surface area contributed by atoms with Crippen molar-refractivity contribution in [2.75, 3.05) is 0 Å². The predicted octanol–water partition coefficient (Wildman–Crippen LogP) is 2.96. The molecule has 0 radical (unpaired) electrons. The minimum atomic E-state index is 0. The van der Waals surface area contributed by atoms with Gasteiger partial charge in [0.15, 0.2) is 0 Å². The van der Waals surface area contributed by atoms with E-state index in [9.17, 15) is 0 Å². The molecule has 0 atom stereocenters. The van der Waals surface area contributed by atoms with Crippen LogP contribution in [0.2, 0.25) is 0 Å². The third kappa shape index (κ3) is 8.58. The number of halogens is 2. The summed E-state index contributed by atoms with van der Waals surface area (Å²) in [6, 6.07) is 20.9. The Morgan fingerprint density at radius 2 is 1.31 bits per heavy atom. The molecule has 1 saturated carbocycles. The van der Waals surface area contributed by atoms with Crippen LogP contribution in [-0.2, 0) is 41.5 Å². The summed E-state index contributed by atoms with van der Waals surface area (Å²) in [6.07, 6.45) is 6.86. The minimum Gasteiger partial charge on any atom is -0.214 e. The first-order valence-electron chi connectivity index (χ1n) is 12.8. The number of aryl methyl sites for hydroxylation is 2. The second kappa shape index (κ2) is 13.8. The van der Waals surface area contributed by atoms with Crippen LogP contribution in [0, 0.1) is 19.9 Å². The van der Waals surface area contributed by atoms with Gasteiger partial charge in [-0.1, -0.05) is 71.6 Å². The Bertz CT molecular complexity index is 1030. The Balaban J connectivity index is 0.000000411. The second-order valence-corrected chi connectivity index (χ2v) is 13.7. The van der Waals surface area contributed by atoms with Crippen LogP contribution < -0.4 is 24.8 Å². The van der Waals surface area contributed by atoms with E-state index >= 15 is 0 Å². The summed E-state index contributed by atoms with van der Waals surface area (Å²) >= 11 is 1.68. The van der Waals surface area contributed by atoms with Gasteiger partial charge in [-0.3, -0.25) is 0 Å². The summed E-state index contributed by atoms with van der Waals surface area (Å²) in [5.74, 6) is 0. The van der Waals surface area contributed by atoms with E-state index in [2.05, 4.69) is 79.7 Å². The molecule has 0 spiro atoms. The van der Waals surface area contributed by atoms with Crippen molar-refractivity contribution < 1.29 is 49.0 Å². The van der Waals surface area contributed by atoms with E-state index in [0.29, 0.717) is 0 Å². The molecule has 0 N–H and O–H groups in total. The van der Waals surface area contributed by atoms with Gasteiger partial charge in [0.05, 0.1) is 0 Å². The van der Waals surface area contributed by atoms with Crippen molar-refractivity contribution in [2.45, 2.75) is 98.3 Å². The van der Waals surface area contributed by atoms with Crippen LogP contribution in [0.25, 0.3) is 11.1 Å². The number of fused-ring (bicyclic) bond motifs is 3. The third-order valence-corrected chi connectivity index (χ3v) is 8.07. The molecule has 0 aliphatic heterocycles. The summed E-state index contributed by atoms with van der Waals surface area (Å²) in [5.41, 5.74) is 11.6. The van der Waals surface area contributed by atoms with Gasteiger partial charge in [0.1, 0.15) is 0 Å². The van der Waals surface area contributed by atoms with Crippen molar-refractivity contribution >= 4 is 3.21 Å². The van der Waals surface area contributed by atoms with Gasteiger partial charge in [-0.05, 0) is 35.4 Å². The van der Waals surface area contributed by atoms with Gasteiger partial charge in [0, 0.05) is 0 Å². The monoisotopic (exact) mass is 598 g/mol. The van der Waals surface area contributed by atoms with E-state index in [-0.39, 0.29) is 35.6 Å². The van der Waals surface area contributed by atoms with E-state index in [0.717, 1.165) is 6.42 Å². The standard InChI is InChI=1S/C23H29.C5H8.C5H5.2ClH.Zr/c1-14-9-16-11-17-10-15(2)21(23(6,7)8)13-19(17)18(16)12-20(14)22(3,4)5;2*1-2-4-5-3-1;;;/h9,12-13H,11H2,1-8H3;1-4H2;1-5H;2*1H;/q-1;;-1;;;+2/p-2. The van der Waals surface area contributed by atoms with E-state index in [4.69, 9.17) is 0 Å². The summed E-state index contributed by atoms with van der Waals surface area (Å²) in [5, 5.41) is 0. The minimum absolute atomic E-state index is 0. The summed E-state index contributed by atoms with van der Waals surface area (Å²) < 4.78 is 1.79. The quantitative estimate of drug-likeness (QED) is 0.273. The number of hydrogen-bond donors (Lipinski definition) is 0. The fourth-order valence-electron chi connectivity index (χ4n) is 5.15. The molecule has 0 amide bonds. The molecule has 0 unspecified atom stereocenters. The van der Waals surface area contributed by atoms with Gasteiger partial charge in [-0.2, -0.15) is 35.9 Å². The maximum absolute atomic E-state index is 3.69. The zero-order chi connectivity index (χ0) is 25.1. The van der Waals surface area contributed by atoms with Crippen LogP contribution in [-0.4, -0.2) is 3.21 Å². The van der Waals surface area contributed by atoms with E-state index in [1.807, 2.05) is 30.3 Å². The molecule has 36 heavy (non-hydrogen) atoms. The molecule has 5 rings (SSSR count). The molecule has 0 nitrogen and oxygen atoms in total. The van der Waals surface area contributed by atoms with Crippen molar-refractivity contribution in [1.29, 1.82) is 0 Å². The number of hydrogen-bond acceptors (Lipinski definition) is 0. The van der Waals surface area contributed by atoms with Gasteiger partial charge in [0.25, 0.3) is 0 Å². The molecular formula is C33H42Cl2Zr-2. The van der Waals surface area contributed by atoms with Gasteiger partial charge in [-0.25, -0.2) is 12.1 Å². The summed E-state index contributed by atoms with van der Waals surface area (Å²) in [6.45, 7) is 18.2. The molecule has 2 aliphatic carbocycles. The van der Waals surface area contributed by atoms with Crippen molar-refractivity contribution in [3.05, 3.63) is 88.0 Å². The topological polar surface area (TPSA) is 0 Å². The Kier molecular flexibility index (Phi) is 12.7. The van der Waals surface area contributed by atoms with Crippen molar-refractivity contribution in [3.8, 4) is 11.1 Å². The normalized spacial score (nSPS) is 13.8. The van der Waals surface area contributed by atoms with Gasteiger partial charge in [0.2, 0.25) is 0 Å². The zero-order valence-electron chi connectivity index (χ0n) is 23.4. The van der Waals surface area contributed by atoms with Crippen LogP contribution >= 0.6 is 0 Å². The first-order chi connectivity index (χ1) is 15.9. The second-order valence-electron chi connectivity index (χ2n) is 12.0. The van der Waals surface area contributed by atoms with Gasteiger partial charge in [-0.15, -0.1) is 16.7 Å². The maximum atomic E-state index is 3.69. The molecule has 3 heteroatoms. The molecule has 194 valence electrons. The Morgan fingerprint density at radius 3 is 1.72 bits per heavy atom. The SMILES string of the molecule is Cc1[c-]c2c(cc1C(C)(C)C)-c1cc(C(C)(C)C)c(C)cc1C2.[Cl-].[Cl-].[Zr+2]=[C]1CCCC1.c1cc[cH-]c1. The molecule has 3 aromatic carbocycles. The molecule has 3 aromatic rings. The molecule has 2 aliphatic rings. The average Bonchev–Trinajstić information content (AvgIpc) is 3.48. The van der Waals surface area contributed by atoms with Gasteiger partial charge < -0.3 is 24.8 Å². The van der Waals surface area contributed by atoms with Crippen LogP contribution in [0.15, 0.2) is 48.5 Å².